The number of carboxylic acids is 3. The van der Waals surface area contributed by atoms with Crippen molar-refractivity contribution in [2.45, 2.75) is 44.2 Å². The van der Waals surface area contributed by atoms with Gasteiger partial charge in [-0.05, 0) is 32.1 Å². The summed E-state index contributed by atoms with van der Waals surface area (Å²) < 4.78 is 0. The first kappa shape index (κ1) is 39.8. The number of carboxylic acid groups (broad SMARTS) is 3. The molecular weight excluding hydrogens is 618 g/mol. The number of rotatable bonds is 17. The molecule has 1 atom stereocenters. The molecule has 268 valence electrons. The van der Waals surface area contributed by atoms with Crippen LogP contribution in [0, 0.1) is 0 Å². The molecule has 9 N–H and O–H groups in total. The summed E-state index contributed by atoms with van der Waals surface area (Å²) in [7, 11) is 0. The molecule has 0 unspecified atom stereocenters. The molecule has 18 heteroatoms. The number of nitrogens with one attached hydrogen (secondary N) is 2. The number of hydrogen-bond donors (Lipinski definition) is 7. The zero-order valence-electron chi connectivity index (χ0n) is 27.2. The van der Waals surface area contributed by atoms with E-state index in [-0.39, 0.29) is 76.8 Å². The van der Waals surface area contributed by atoms with E-state index >= 15 is 0 Å². The summed E-state index contributed by atoms with van der Waals surface area (Å²) >= 11 is 0. The fourth-order valence-corrected chi connectivity index (χ4v) is 5.58. The SMILES string of the molecule is NC(=O)[C@H](CCCCNC(=O)CN1CCN(CC(=O)O)CCN(CC(=O)O)CCN(CC(=O)O)CC1)NC(=O)CN1CCC(N)CC1. The highest BCUT2D eigenvalue weighted by atomic mass is 16.4. The van der Waals surface area contributed by atoms with Gasteiger partial charge in [0, 0.05) is 78.0 Å². The maximum absolute atomic E-state index is 12.8. The van der Waals surface area contributed by atoms with Crippen molar-refractivity contribution < 1.29 is 44.1 Å². The van der Waals surface area contributed by atoms with Crippen LogP contribution >= 0.6 is 0 Å². The Labute approximate surface area is 275 Å². The van der Waals surface area contributed by atoms with Crippen LogP contribution < -0.4 is 22.1 Å². The zero-order chi connectivity index (χ0) is 34.8. The Balaban J connectivity index is 1.86. The standard InChI is InChI=1S/C29H53N9O9/c30-22-4-7-34(8-5-22)18-25(40)33-23(29(31)47)3-1-2-6-32-24(39)17-35-9-11-36(19-26(41)42)13-15-38(21-28(45)46)16-14-37(12-10-35)20-27(43)44/h22-23H,1-21,30H2,(H2,31,47)(H,32,39)(H,33,40)(H,41,42)(H,43,44)(H,45,46)/t23-/m0/s1. The van der Waals surface area contributed by atoms with Crippen LogP contribution in [0.1, 0.15) is 32.1 Å². The van der Waals surface area contributed by atoms with E-state index in [4.69, 9.17) is 11.5 Å². The van der Waals surface area contributed by atoms with Gasteiger partial charge in [-0.25, -0.2) is 0 Å². The number of nitrogens with two attached hydrogens (primary N) is 2. The fraction of sp³-hybridized carbons (Fsp3) is 0.793. The first-order valence-corrected chi connectivity index (χ1v) is 16.2. The molecule has 47 heavy (non-hydrogen) atoms. The van der Waals surface area contributed by atoms with Gasteiger partial charge < -0.3 is 37.4 Å². The smallest absolute Gasteiger partial charge is 0.317 e. The second-order valence-corrected chi connectivity index (χ2v) is 12.3. The Morgan fingerprint density at radius 2 is 0.979 bits per heavy atom. The average Bonchev–Trinajstić information content (AvgIpc) is 2.98. The molecule has 0 bridgehead atoms. The van der Waals surface area contributed by atoms with Crippen molar-refractivity contribution in [1.29, 1.82) is 0 Å². The average molecular weight is 672 g/mol. The van der Waals surface area contributed by atoms with E-state index in [2.05, 4.69) is 10.6 Å². The van der Waals surface area contributed by atoms with E-state index < -0.39 is 29.9 Å². The maximum atomic E-state index is 12.8. The summed E-state index contributed by atoms with van der Waals surface area (Å²) in [6.45, 7) is 3.67. The molecule has 2 rings (SSSR count). The van der Waals surface area contributed by atoms with E-state index in [1.807, 2.05) is 9.80 Å². The van der Waals surface area contributed by atoms with Gasteiger partial charge in [0.15, 0.2) is 0 Å². The molecule has 18 nitrogen and oxygen atoms in total. The summed E-state index contributed by atoms with van der Waals surface area (Å²) in [4.78, 5) is 80.4. The lowest BCUT2D eigenvalue weighted by atomic mass is 10.1. The summed E-state index contributed by atoms with van der Waals surface area (Å²) in [6.07, 6.45) is 3.04. The third-order valence-electron chi connectivity index (χ3n) is 8.29. The number of carbonyl (C=O) groups is 6. The summed E-state index contributed by atoms with van der Waals surface area (Å²) in [5.74, 6) is -4.24. The highest BCUT2D eigenvalue weighted by Crippen LogP contribution is 2.08. The quantitative estimate of drug-likeness (QED) is 0.0731. The van der Waals surface area contributed by atoms with Gasteiger partial charge in [-0.3, -0.25) is 53.3 Å². The van der Waals surface area contributed by atoms with Crippen LogP contribution in [0.25, 0.3) is 0 Å². The van der Waals surface area contributed by atoms with Crippen LogP contribution in [0.4, 0.5) is 0 Å². The second-order valence-electron chi connectivity index (χ2n) is 12.3. The molecule has 0 aromatic carbocycles. The number of aliphatic carboxylic acids is 3. The molecule has 0 aromatic rings. The molecule has 2 aliphatic heterocycles. The number of amides is 3. The van der Waals surface area contributed by atoms with Crippen molar-refractivity contribution >= 4 is 35.6 Å². The first-order valence-electron chi connectivity index (χ1n) is 16.2. The highest BCUT2D eigenvalue weighted by molar-refractivity contribution is 5.87. The van der Waals surface area contributed by atoms with Gasteiger partial charge >= 0.3 is 17.9 Å². The van der Waals surface area contributed by atoms with E-state index in [0.29, 0.717) is 52.0 Å². The molecule has 0 spiro atoms. The second kappa shape index (κ2) is 21.5. The Kier molecular flexibility index (Phi) is 18.1. The Morgan fingerprint density at radius 3 is 1.38 bits per heavy atom. The summed E-state index contributed by atoms with van der Waals surface area (Å²) in [5, 5.41) is 33.6. The van der Waals surface area contributed by atoms with E-state index in [0.717, 1.165) is 25.9 Å². The Morgan fingerprint density at radius 1 is 0.596 bits per heavy atom. The molecule has 0 aliphatic carbocycles. The third kappa shape index (κ3) is 17.9. The number of primary amides is 1. The lowest BCUT2D eigenvalue weighted by molar-refractivity contribution is -0.140. The molecular formula is C29H53N9O9. The van der Waals surface area contributed by atoms with Gasteiger partial charge in [0.05, 0.1) is 32.7 Å². The van der Waals surface area contributed by atoms with E-state index in [1.165, 1.54) is 0 Å². The maximum Gasteiger partial charge on any atom is 0.317 e. The molecule has 2 saturated heterocycles. The third-order valence-corrected chi connectivity index (χ3v) is 8.29. The minimum absolute atomic E-state index is 0.00827. The monoisotopic (exact) mass is 671 g/mol. The number of nitrogens with zero attached hydrogens (tertiary/aromatic N) is 5. The largest absolute Gasteiger partial charge is 0.480 e. The normalized spacial score (nSPS) is 19.6. The molecule has 2 aliphatic rings. The van der Waals surface area contributed by atoms with Gasteiger partial charge in [0.2, 0.25) is 17.7 Å². The van der Waals surface area contributed by atoms with Crippen molar-refractivity contribution in [3.05, 3.63) is 0 Å². The van der Waals surface area contributed by atoms with Gasteiger partial charge in [0.1, 0.15) is 6.04 Å². The zero-order valence-corrected chi connectivity index (χ0v) is 27.2. The molecule has 0 aromatic heterocycles. The van der Waals surface area contributed by atoms with Gasteiger partial charge in [0.25, 0.3) is 0 Å². The predicted octanol–water partition coefficient (Wildman–Crippen LogP) is -3.86. The number of piperidine rings is 1. The Bertz CT molecular complexity index is 1010. The van der Waals surface area contributed by atoms with Crippen molar-refractivity contribution in [1.82, 2.24) is 35.1 Å². The number of likely N-dealkylation sites (tertiary alicyclic amines) is 1. The van der Waals surface area contributed by atoms with E-state index in [9.17, 15) is 44.1 Å². The summed E-state index contributed by atoms with van der Waals surface area (Å²) in [5.41, 5.74) is 11.4. The Hall–Kier alpha value is -3.42. The lowest BCUT2D eigenvalue weighted by Crippen LogP contribution is -2.50. The fourth-order valence-electron chi connectivity index (χ4n) is 5.58. The predicted molar refractivity (Wildman–Crippen MR) is 170 cm³/mol. The van der Waals surface area contributed by atoms with Crippen LogP contribution in [0.3, 0.4) is 0 Å². The van der Waals surface area contributed by atoms with Crippen LogP contribution in [-0.2, 0) is 28.8 Å². The topological polar surface area (TPSA) is 255 Å². The van der Waals surface area contributed by atoms with E-state index in [1.54, 1.807) is 14.7 Å². The lowest BCUT2D eigenvalue weighted by Gasteiger charge is -2.32. The molecule has 0 saturated carbocycles. The van der Waals surface area contributed by atoms with Crippen molar-refractivity contribution in [2.24, 2.45) is 11.5 Å². The highest BCUT2D eigenvalue weighted by Gasteiger charge is 2.23. The minimum Gasteiger partial charge on any atom is -0.480 e. The van der Waals surface area contributed by atoms with Gasteiger partial charge in [-0.2, -0.15) is 0 Å². The van der Waals surface area contributed by atoms with Crippen LogP contribution in [-0.4, -0.2) is 192 Å². The van der Waals surface area contributed by atoms with Crippen LogP contribution in [0.5, 0.6) is 0 Å². The van der Waals surface area contributed by atoms with Crippen molar-refractivity contribution in [3.8, 4) is 0 Å². The summed E-state index contributed by atoms with van der Waals surface area (Å²) in [6, 6.07) is -0.667. The molecule has 3 amide bonds. The number of hydrogen-bond acceptors (Lipinski definition) is 12. The van der Waals surface area contributed by atoms with Gasteiger partial charge in [-0.15, -0.1) is 0 Å². The molecule has 2 fully saturated rings. The van der Waals surface area contributed by atoms with Crippen LogP contribution in [0.2, 0.25) is 0 Å². The minimum atomic E-state index is -1.03. The van der Waals surface area contributed by atoms with Gasteiger partial charge in [-0.1, -0.05) is 0 Å². The number of unbranched alkanes of at least 4 members (excludes halogenated alkanes) is 1. The van der Waals surface area contributed by atoms with Crippen molar-refractivity contribution in [3.63, 3.8) is 0 Å². The van der Waals surface area contributed by atoms with Crippen molar-refractivity contribution in [2.75, 3.05) is 105 Å². The molecule has 0 radical (unpaired) electrons. The molecule has 2 heterocycles. The van der Waals surface area contributed by atoms with Crippen LogP contribution in [0.15, 0.2) is 0 Å². The number of carbonyl (C=O) groups excluding carboxylic acids is 3. The first-order chi connectivity index (χ1) is 22.3.